The van der Waals surface area contributed by atoms with Gasteiger partial charge in [0.15, 0.2) is 0 Å². The smallest absolute Gasteiger partial charge is 0.344 e. The number of aromatic nitrogens is 3. The molecule has 0 aliphatic carbocycles. The lowest BCUT2D eigenvalue weighted by Crippen LogP contribution is -2.25. The minimum absolute atomic E-state index is 0.139. The minimum Gasteiger partial charge on any atom is -0.344 e. The Morgan fingerprint density at radius 3 is 2.56 bits per heavy atom. The average Bonchev–Trinajstić information content (AvgIpc) is 2.91. The van der Waals surface area contributed by atoms with E-state index in [9.17, 15) is 19.7 Å². The van der Waals surface area contributed by atoms with Crippen molar-refractivity contribution < 1.29 is 4.92 Å². The van der Waals surface area contributed by atoms with E-state index in [1.165, 1.54) is 6.08 Å². The van der Waals surface area contributed by atoms with Crippen LogP contribution in [-0.4, -0.2) is 19.5 Å². The van der Waals surface area contributed by atoms with Crippen LogP contribution in [0.3, 0.4) is 0 Å². The molecule has 2 aromatic heterocycles. The Kier molecular flexibility index (Phi) is 4.10. The first-order valence-electron chi connectivity index (χ1n) is 7.67. The van der Waals surface area contributed by atoms with Gasteiger partial charge in [0.25, 0.3) is 0 Å². The highest BCUT2D eigenvalue weighted by Crippen LogP contribution is 2.26. The van der Waals surface area contributed by atoms with Crippen LogP contribution in [0.5, 0.6) is 0 Å². The molecule has 0 bridgehead atoms. The van der Waals surface area contributed by atoms with Crippen LogP contribution in [0.1, 0.15) is 31.1 Å². The highest BCUT2D eigenvalue weighted by molar-refractivity contribution is 5.92. The molecule has 0 fully saturated rings. The third-order valence-corrected chi connectivity index (χ3v) is 3.89. The highest BCUT2D eigenvalue weighted by Gasteiger charge is 2.19. The number of benzene rings is 1. The molecular formula is C17H16N4O4. The number of aromatic amines is 2. The highest BCUT2D eigenvalue weighted by atomic mass is 16.6. The molecule has 0 radical (unpaired) electrons. The predicted octanol–water partition coefficient (Wildman–Crippen LogP) is 2.68. The Morgan fingerprint density at radius 2 is 1.88 bits per heavy atom. The molecule has 1 aromatic carbocycles. The molecule has 0 saturated heterocycles. The van der Waals surface area contributed by atoms with Crippen molar-refractivity contribution in [2.24, 2.45) is 0 Å². The van der Waals surface area contributed by atoms with E-state index in [2.05, 4.69) is 23.4 Å². The normalized spacial score (nSPS) is 11.6. The van der Waals surface area contributed by atoms with Crippen molar-refractivity contribution in [1.82, 2.24) is 14.5 Å². The molecule has 0 spiro atoms. The summed E-state index contributed by atoms with van der Waals surface area (Å²) in [4.78, 5) is 37.5. The predicted molar refractivity (Wildman–Crippen MR) is 95.6 cm³/mol. The van der Waals surface area contributed by atoms with Crippen LogP contribution in [0.2, 0.25) is 0 Å². The molecule has 0 saturated carbocycles. The molecular weight excluding hydrogens is 324 g/mol. The van der Waals surface area contributed by atoms with Gasteiger partial charge in [-0.3, -0.25) is 19.9 Å². The fraction of sp³-hybridized carbons (Fsp3) is 0.176. The quantitative estimate of drug-likeness (QED) is 0.561. The summed E-state index contributed by atoms with van der Waals surface area (Å²) in [5, 5.41) is 12.1. The lowest BCUT2D eigenvalue weighted by atomic mass is 10.1. The molecule has 3 rings (SSSR count). The molecule has 0 aliphatic heterocycles. The Labute approximate surface area is 141 Å². The second-order valence-electron chi connectivity index (χ2n) is 5.86. The molecule has 0 atom stereocenters. The first-order valence-corrected chi connectivity index (χ1v) is 7.67. The van der Waals surface area contributed by atoms with Gasteiger partial charge in [0.2, 0.25) is 0 Å². The molecule has 128 valence electrons. The standard InChI is InChI=1S/C17H16N4O4/c1-10(2)20-9-11(12-5-3-4-6-14(12)20)7-8-13-15(21(24)25)16(22)19-17(23)18-13/h3-10H,1-2H3,(H2,18,19,22,23)/b8-7-. The van der Waals surface area contributed by atoms with E-state index in [0.717, 1.165) is 16.5 Å². The second-order valence-corrected chi connectivity index (χ2v) is 5.86. The summed E-state index contributed by atoms with van der Waals surface area (Å²) in [7, 11) is 0. The summed E-state index contributed by atoms with van der Waals surface area (Å²) >= 11 is 0. The van der Waals surface area contributed by atoms with E-state index in [1.54, 1.807) is 6.08 Å². The Bertz CT molecular complexity index is 1100. The summed E-state index contributed by atoms with van der Waals surface area (Å²) in [6.07, 6.45) is 4.96. The van der Waals surface area contributed by atoms with Crippen molar-refractivity contribution in [2.75, 3.05) is 0 Å². The molecule has 0 amide bonds. The van der Waals surface area contributed by atoms with Crippen molar-refractivity contribution in [1.29, 1.82) is 0 Å². The van der Waals surface area contributed by atoms with Crippen LogP contribution in [0, 0.1) is 10.1 Å². The lowest BCUT2D eigenvalue weighted by molar-refractivity contribution is -0.386. The topological polar surface area (TPSA) is 114 Å². The molecule has 2 heterocycles. The first-order chi connectivity index (χ1) is 11.9. The van der Waals surface area contributed by atoms with Gasteiger partial charge in [-0.2, -0.15) is 0 Å². The van der Waals surface area contributed by atoms with Gasteiger partial charge in [0.05, 0.1) is 4.92 Å². The van der Waals surface area contributed by atoms with E-state index in [4.69, 9.17) is 0 Å². The maximum absolute atomic E-state index is 11.7. The van der Waals surface area contributed by atoms with Crippen LogP contribution in [0.25, 0.3) is 23.1 Å². The zero-order valence-corrected chi connectivity index (χ0v) is 13.6. The number of hydrogen-bond acceptors (Lipinski definition) is 4. The van der Waals surface area contributed by atoms with Gasteiger partial charge in [0.1, 0.15) is 5.69 Å². The van der Waals surface area contributed by atoms with Crippen LogP contribution in [-0.2, 0) is 0 Å². The molecule has 0 unspecified atom stereocenters. The molecule has 8 nitrogen and oxygen atoms in total. The third-order valence-electron chi connectivity index (χ3n) is 3.89. The van der Waals surface area contributed by atoms with E-state index in [0.29, 0.717) is 0 Å². The van der Waals surface area contributed by atoms with Crippen molar-refractivity contribution in [2.45, 2.75) is 19.9 Å². The third kappa shape index (κ3) is 3.01. The second kappa shape index (κ2) is 6.23. The first kappa shape index (κ1) is 16.4. The van der Waals surface area contributed by atoms with Crippen LogP contribution < -0.4 is 11.2 Å². The fourth-order valence-electron chi connectivity index (χ4n) is 2.76. The van der Waals surface area contributed by atoms with Crippen molar-refractivity contribution in [3.05, 3.63) is 72.7 Å². The van der Waals surface area contributed by atoms with Gasteiger partial charge in [-0.05, 0) is 26.0 Å². The summed E-state index contributed by atoms with van der Waals surface area (Å²) in [6.45, 7) is 4.11. The number of hydrogen-bond donors (Lipinski definition) is 2. The summed E-state index contributed by atoms with van der Waals surface area (Å²) in [6, 6.07) is 8.02. The SMILES string of the molecule is CC(C)n1cc(/C=C\c2[nH]c(=O)[nH]c(=O)c2[N+](=O)[O-])c2ccccc21. The van der Waals surface area contributed by atoms with Gasteiger partial charge in [-0.1, -0.05) is 24.3 Å². The number of H-pyrrole nitrogens is 2. The number of rotatable bonds is 4. The average molecular weight is 340 g/mol. The van der Waals surface area contributed by atoms with Gasteiger partial charge in [0, 0.05) is 28.7 Å². The molecule has 3 aromatic rings. The van der Waals surface area contributed by atoms with Crippen LogP contribution in [0.4, 0.5) is 5.69 Å². The number of nitro groups is 1. The maximum atomic E-state index is 11.7. The van der Waals surface area contributed by atoms with Crippen LogP contribution in [0.15, 0.2) is 40.1 Å². The molecule has 2 N–H and O–H groups in total. The monoisotopic (exact) mass is 340 g/mol. The summed E-state index contributed by atoms with van der Waals surface area (Å²) in [5.41, 5.74) is -0.785. The lowest BCUT2D eigenvalue weighted by Gasteiger charge is -2.08. The van der Waals surface area contributed by atoms with Gasteiger partial charge in [-0.25, -0.2) is 4.79 Å². The van der Waals surface area contributed by atoms with Crippen LogP contribution >= 0.6 is 0 Å². The number of fused-ring (bicyclic) bond motifs is 1. The van der Waals surface area contributed by atoms with Crippen molar-refractivity contribution in [3.63, 3.8) is 0 Å². The van der Waals surface area contributed by atoms with Crippen molar-refractivity contribution >= 4 is 28.7 Å². The van der Waals surface area contributed by atoms with E-state index < -0.39 is 21.9 Å². The Hall–Kier alpha value is -3.42. The van der Waals surface area contributed by atoms with Gasteiger partial charge in [-0.15, -0.1) is 0 Å². The van der Waals surface area contributed by atoms with Gasteiger partial charge >= 0.3 is 16.9 Å². The largest absolute Gasteiger partial charge is 0.357 e. The zero-order chi connectivity index (χ0) is 18.1. The Morgan fingerprint density at radius 1 is 1.16 bits per heavy atom. The van der Waals surface area contributed by atoms with Crippen molar-refractivity contribution in [3.8, 4) is 0 Å². The molecule has 25 heavy (non-hydrogen) atoms. The van der Waals surface area contributed by atoms with Gasteiger partial charge < -0.3 is 9.55 Å². The van der Waals surface area contributed by atoms with E-state index in [1.807, 2.05) is 35.4 Å². The zero-order valence-electron chi connectivity index (χ0n) is 13.6. The van der Waals surface area contributed by atoms with E-state index in [-0.39, 0.29) is 11.7 Å². The van der Waals surface area contributed by atoms with E-state index >= 15 is 0 Å². The summed E-state index contributed by atoms with van der Waals surface area (Å²) < 4.78 is 2.09. The maximum Gasteiger partial charge on any atom is 0.357 e. The number of nitrogens with zero attached hydrogens (tertiary/aromatic N) is 2. The number of nitrogens with one attached hydrogen (secondary N) is 2. The minimum atomic E-state index is -1.03. The molecule has 0 aliphatic rings. The Balaban J connectivity index is 2.16. The molecule has 8 heteroatoms. The summed E-state index contributed by atoms with van der Waals surface area (Å²) in [5.74, 6) is 0. The number of para-hydroxylation sites is 1. The fourth-order valence-corrected chi connectivity index (χ4v) is 2.76.